The molecule has 172 valence electrons. The smallest absolute Gasteiger partial charge is 0.264 e. The molecule has 3 aromatic carbocycles. The molecular weight excluding hydrogens is 460 g/mol. The number of halogens is 1. The fraction of sp³-hybridized carbons (Fsp3) is 0.240. The van der Waals surface area contributed by atoms with Gasteiger partial charge in [-0.3, -0.25) is 9.10 Å². The van der Waals surface area contributed by atoms with E-state index in [0.717, 1.165) is 29.1 Å². The molecule has 3 aromatic rings. The molecule has 0 aliphatic heterocycles. The van der Waals surface area contributed by atoms with Gasteiger partial charge in [0, 0.05) is 7.05 Å². The van der Waals surface area contributed by atoms with Gasteiger partial charge in [0.25, 0.3) is 15.9 Å². The molecule has 0 fully saturated rings. The summed E-state index contributed by atoms with van der Waals surface area (Å²) in [5, 5.41) is 3.24. The molecule has 0 aromatic heterocycles. The number of benzene rings is 3. The summed E-state index contributed by atoms with van der Waals surface area (Å²) in [5.41, 5.74) is 2.91. The van der Waals surface area contributed by atoms with Crippen molar-refractivity contribution in [1.29, 1.82) is 0 Å². The first kappa shape index (κ1) is 23.1. The third-order valence-electron chi connectivity index (χ3n) is 5.95. The Hall–Kier alpha value is -3.03. The van der Waals surface area contributed by atoms with Crippen LogP contribution in [0.15, 0.2) is 71.6 Å². The molecule has 8 heteroatoms. The van der Waals surface area contributed by atoms with E-state index in [2.05, 4.69) is 11.4 Å². The van der Waals surface area contributed by atoms with Gasteiger partial charge in [-0.25, -0.2) is 8.42 Å². The quantitative estimate of drug-likeness (QED) is 0.535. The molecule has 0 saturated carbocycles. The van der Waals surface area contributed by atoms with E-state index in [1.807, 2.05) is 18.2 Å². The van der Waals surface area contributed by atoms with Gasteiger partial charge in [-0.2, -0.15) is 0 Å². The number of ether oxygens (including phenoxy) is 1. The van der Waals surface area contributed by atoms with Crippen LogP contribution in [0.5, 0.6) is 5.75 Å². The van der Waals surface area contributed by atoms with Crippen LogP contribution in [0.2, 0.25) is 5.02 Å². The van der Waals surface area contributed by atoms with E-state index in [1.165, 1.54) is 30.8 Å². The highest BCUT2D eigenvalue weighted by Crippen LogP contribution is 2.31. The summed E-state index contributed by atoms with van der Waals surface area (Å²) in [4.78, 5) is 13.1. The van der Waals surface area contributed by atoms with Crippen LogP contribution in [0.1, 0.15) is 40.4 Å². The summed E-state index contributed by atoms with van der Waals surface area (Å²) in [6, 6.07) is 18.8. The van der Waals surface area contributed by atoms with Crippen LogP contribution in [0.4, 0.5) is 5.69 Å². The van der Waals surface area contributed by atoms with Crippen molar-refractivity contribution in [3.63, 3.8) is 0 Å². The summed E-state index contributed by atoms with van der Waals surface area (Å²) >= 11 is 6.31. The van der Waals surface area contributed by atoms with Crippen LogP contribution in [0.3, 0.4) is 0 Å². The highest BCUT2D eigenvalue weighted by molar-refractivity contribution is 7.92. The molecule has 0 heterocycles. The van der Waals surface area contributed by atoms with Crippen molar-refractivity contribution in [2.45, 2.75) is 30.2 Å². The van der Waals surface area contributed by atoms with Gasteiger partial charge >= 0.3 is 0 Å². The summed E-state index contributed by atoms with van der Waals surface area (Å²) in [5.74, 6) is 0.227. The maximum Gasteiger partial charge on any atom is 0.264 e. The molecule has 0 saturated heterocycles. The Kier molecular flexibility index (Phi) is 6.63. The number of hydrogen-bond donors (Lipinski definition) is 1. The van der Waals surface area contributed by atoms with E-state index < -0.39 is 15.9 Å². The number of rotatable bonds is 6. The molecule has 0 bridgehead atoms. The summed E-state index contributed by atoms with van der Waals surface area (Å²) in [6.07, 6.45) is 2.77. The van der Waals surface area contributed by atoms with Crippen molar-refractivity contribution in [2.24, 2.45) is 0 Å². The Morgan fingerprint density at radius 3 is 2.55 bits per heavy atom. The Balaban J connectivity index is 1.60. The maximum atomic E-state index is 13.2. The molecule has 0 radical (unpaired) electrons. The first-order chi connectivity index (χ1) is 15.8. The molecule has 4 rings (SSSR count). The SMILES string of the molecule is COc1ccc(N(C)S(=O)(=O)c2ccc(Cl)c(C(=O)NC3CCCc4ccccc43)c2)cc1. The highest BCUT2D eigenvalue weighted by atomic mass is 35.5. The zero-order valence-corrected chi connectivity index (χ0v) is 20.0. The van der Waals surface area contributed by atoms with Crippen molar-refractivity contribution in [2.75, 3.05) is 18.5 Å². The molecule has 6 nitrogen and oxygen atoms in total. The van der Waals surface area contributed by atoms with E-state index in [9.17, 15) is 13.2 Å². The second-order valence-electron chi connectivity index (χ2n) is 7.93. The summed E-state index contributed by atoms with van der Waals surface area (Å²) in [7, 11) is -0.906. The Bertz CT molecular complexity index is 1280. The molecule has 1 atom stereocenters. The van der Waals surface area contributed by atoms with Gasteiger partial charge in [0.15, 0.2) is 0 Å². The van der Waals surface area contributed by atoms with Gasteiger partial charge in [0.2, 0.25) is 0 Å². The lowest BCUT2D eigenvalue weighted by atomic mass is 9.87. The van der Waals surface area contributed by atoms with Crippen molar-refractivity contribution >= 4 is 33.2 Å². The number of aryl methyl sites for hydroxylation is 1. The third kappa shape index (κ3) is 4.70. The largest absolute Gasteiger partial charge is 0.497 e. The number of anilines is 1. The lowest BCUT2D eigenvalue weighted by Crippen LogP contribution is -2.31. The Morgan fingerprint density at radius 2 is 1.82 bits per heavy atom. The Morgan fingerprint density at radius 1 is 1.09 bits per heavy atom. The van der Waals surface area contributed by atoms with Crippen LogP contribution >= 0.6 is 11.6 Å². The lowest BCUT2D eigenvalue weighted by Gasteiger charge is -2.26. The zero-order chi connectivity index (χ0) is 23.6. The maximum absolute atomic E-state index is 13.2. The number of carbonyl (C=O) groups is 1. The monoisotopic (exact) mass is 484 g/mol. The zero-order valence-electron chi connectivity index (χ0n) is 18.4. The van der Waals surface area contributed by atoms with Gasteiger partial charge in [-0.05, 0) is 72.9 Å². The van der Waals surface area contributed by atoms with Gasteiger partial charge in [-0.15, -0.1) is 0 Å². The molecule has 0 spiro atoms. The number of carbonyl (C=O) groups excluding carboxylic acids is 1. The fourth-order valence-electron chi connectivity index (χ4n) is 4.07. The van der Waals surface area contributed by atoms with Crippen molar-refractivity contribution < 1.29 is 17.9 Å². The van der Waals surface area contributed by atoms with E-state index >= 15 is 0 Å². The predicted molar refractivity (Wildman–Crippen MR) is 130 cm³/mol. The highest BCUT2D eigenvalue weighted by Gasteiger charge is 2.26. The van der Waals surface area contributed by atoms with Crippen LogP contribution in [-0.4, -0.2) is 28.5 Å². The van der Waals surface area contributed by atoms with Crippen molar-refractivity contribution in [3.05, 3.63) is 88.4 Å². The molecule has 1 unspecified atom stereocenters. The first-order valence-electron chi connectivity index (χ1n) is 10.6. The average Bonchev–Trinajstić information content (AvgIpc) is 2.84. The van der Waals surface area contributed by atoms with E-state index in [4.69, 9.17) is 16.3 Å². The number of methoxy groups -OCH3 is 1. The topological polar surface area (TPSA) is 75.7 Å². The first-order valence-corrected chi connectivity index (χ1v) is 12.4. The number of sulfonamides is 1. The Labute approximate surface area is 199 Å². The van der Waals surface area contributed by atoms with E-state index in [1.54, 1.807) is 31.4 Å². The van der Waals surface area contributed by atoms with Crippen molar-refractivity contribution in [1.82, 2.24) is 5.32 Å². The minimum atomic E-state index is -3.91. The molecule has 1 N–H and O–H groups in total. The number of hydrogen-bond acceptors (Lipinski definition) is 4. The second kappa shape index (κ2) is 9.45. The minimum Gasteiger partial charge on any atom is -0.497 e. The fourth-order valence-corrected chi connectivity index (χ4v) is 5.49. The second-order valence-corrected chi connectivity index (χ2v) is 10.3. The van der Waals surface area contributed by atoms with Crippen LogP contribution in [0, 0.1) is 0 Å². The van der Waals surface area contributed by atoms with Crippen LogP contribution < -0.4 is 14.4 Å². The summed E-state index contributed by atoms with van der Waals surface area (Å²) in [6.45, 7) is 0. The average molecular weight is 485 g/mol. The van der Waals surface area contributed by atoms with Gasteiger partial charge in [0.05, 0.1) is 34.3 Å². The third-order valence-corrected chi connectivity index (χ3v) is 8.06. The molecular formula is C25H25ClN2O4S. The van der Waals surface area contributed by atoms with E-state index in [-0.39, 0.29) is 21.5 Å². The normalized spacial score (nSPS) is 15.4. The van der Waals surface area contributed by atoms with Crippen LogP contribution in [0.25, 0.3) is 0 Å². The van der Waals surface area contributed by atoms with Gasteiger partial charge < -0.3 is 10.1 Å². The predicted octanol–water partition coefficient (Wildman–Crippen LogP) is 4.98. The number of fused-ring (bicyclic) bond motifs is 1. The van der Waals surface area contributed by atoms with Crippen LogP contribution in [-0.2, 0) is 16.4 Å². The molecule has 1 aliphatic rings. The van der Waals surface area contributed by atoms with Crippen molar-refractivity contribution in [3.8, 4) is 5.75 Å². The molecule has 1 aliphatic carbocycles. The summed E-state index contributed by atoms with van der Waals surface area (Å²) < 4.78 is 32.8. The number of amides is 1. The van der Waals surface area contributed by atoms with E-state index in [0.29, 0.717) is 11.4 Å². The molecule has 33 heavy (non-hydrogen) atoms. The minimum absolute atomic E-state index is 0.0144. The lowest BCUT2D eigenvalue weighted by molar-refractivity contribution is 0.0932. The number of nitrogens with one attached hydrogen (secondary N) is 1. The molecule has 1 amide bonds. The standard InChI is InChI=1S/C25H25ClN2O4S/c1-28(18-10-12-19(32-2)13-11-18)33(30,31)20-14-15-23(26)22(16-20)25(29)27-24-9-5-7-17-6-3-4-8-21(17)24/h3-4,6,8,10-16,24H,5,7,9H2,1-2H3,(H,27,29). The number of nitrogens with zero attached hydrogens (tertiary/aromatic N) is 1. The van der Waals surface area contributed by atoms with Gasteiger partial charge in [0.1, 0.15) is 5.75 Å². The van der Waals surface area contributed by atoms with Gasteiger partial charge in [-0.1, -0.05) is 35.9 Å².